The lowest BCUT2D eigenvalue weighted by molar-refractivity contribution is 0.0519. The van der Waals surface area contributed by atoms with Crippen LogP contribution < -0.4 is 4.74 Å². The van der Waals surface area contributed by atoms with Gasteiger partial charge in [0, 0.05) is 0 Å². The van der Waals surface area contributed by atoms with E-state index < -0.39 is 0 Å². The van der Waals surface area contributed by atoms with Gasteiger partial charge in [-0.15, -0.1) is 0 Å². The molecule has 112 valence electrons. The predicted octanol–water partition coefficient (Wildman–Crippen LogP) is 4.24. The van der Waals surface area contributed by atoms with Crippen molar-refractivity contribution in [2.24, 2.45) is 5.41 Å². The molecule has 20 heavy (non-hydrogen) atoms. The zero-order valence-corrected chi connectivity index (χ0v) is 13.3. The molecule has 1 rings (SSSR count). The second kappa shape index (κ2) is 7.32. The first-order valence-corrected chi connectivity index (χ1v) is 7.30. The van der Waals surface area contributed by atoms with Crippen molar-refractivity contribution in [2.75, 3.05) is 13.2 Å². The third-order valence-corrected chi connectivity index (χ3v) is 2.74. The maximum absolute atomic E-state index is 12.0. The Morgan fingerprint density at radius 2 is 1.90 bits per heavy atom. The Kier molecular flexibility index (Phi) is 6.05. The van der Waals surface area contributed by atoms with Crippen molar-refractivity contribution >= 4 is 5.97 Å². The van der Waals surface area contributed by atoms with Crippen molar-refractivity contribution in [3.05, 3.63) is 29.3 Å². The Morgan fingerprint density at radius 1 is 1.20 bits per heavy atom. The van der Waals surface area contributed by atoms with Gasteiger partial charge in [0.15, 0.2) is 0 Å². The van der Waals surface area contributed by atoms with E-state index in [9.17, 15) is 4.79 Å². The predicted molar refractivity (Wildman–Crippen MR) is 81.3 cm³/mol. The van der Waals surface area contributed by atoms with E-state index in [1.54, 1.807) is 13.0 Å². The van der Waals surface area contributed by atoms with Crippen molar-refractivity contribution in [2.45, 2.75) is 47.5 Å². The van der Waals surface area contributed by atoms with Crippen LogP contribution in [0.25, 0.3) is 0 Å². The molecule has 3 heteroatoms. The van der Waals surface area contributed by atoms with Crippen LogP contribution in [0.4, 0.5) is 0 Å². The number of rotatable bonds is 6. The largest absolute Gasteiger partial charge is 0.492 e. The van der Waals surface area contributed by atoms with Gasteiger partial charge < -0.3 is 9.47 Å². The number of hydrogen-bond acceptors (Lipinski definition) is 3. The third kappa shape index (κ3) is 5.24. The molecule has 0 radical (unpaired) electrons. The maximum atomic E-state index is 12.0. The molecule has 3 nitrogen and oxygen atoms in total. The van der Waals surface area contributed by atoms with Crippen molar-refractivity contribution in [3.63, 3.8) is 0 Å². The molecule has 0 fully saturated rings. The summed E-state index contributed by atoms with van der Waals surface area (Å²) < 4.78 is 10.9. The minimum atomic E-state index is -0.320. The summed E-state index contributed by atoms with van der Waals surface area (Å²) in [5.41, 5.74) is 1.74. The summed E-state index contributed by atoms with van der Waals surface area (Å²) in [6.07, 6.45) is 2.05. The quantitative estimate of drug-likeness (QED) is 0.730. The molecule has 0 heterocycles. The number of carbonyl (C=O) groups excluding carboxylic acids is 1. The smallest absolute Gasteiger partial charge is 0.341 e. The molecule has 0 unspecified atom stereocenters. The first-order chi connectivity index (χ1) is 9.37. The van der Waals surface area contributed by atoms with Gasteiger partial charge in [-0.3, -0.25) is 0 Å². The Morgan fingerprint density at radius 3 is 2.45 bits per heavy atom. The van der Waals surface area contributed by atoms with Crippen molar-refractivity contribution in [3.8, 4) is 5.75 Å². The van der Waals surface area contributed by atoms with Gasteiger partial charge in [0.25, 0.3) is 0 Å². The number of hydrogen-bond donors (Lipinski definition) is 0. The summed E-state index contributed by atoms with van der Waals surface area (Å²) >= 11 is 0. The lowest BCUT2D eigenvalue weighted by atomic mass is 9.98. The third-order valence-electron chi connectivity index (χ3n) is 2.74. The van der Waals surface area contributed by atoms with Crippen molar-refractivity contribution in [1.82, 2.24) is 0 Å². The molecule has 1 aromatic carbocycles. The molecule has 1 aromatic rings. The second-order valence-electron chi connectivity index (χ2n) is 6.15. The van der Waals surface area contributed by atoms with Gasteiger partial charge in [0.2, 0.25) is 0 Å². The summed E-state index contributed by atoms with van der Waals surface area (Å²) in [6.45, 7) is 11.2. The van der Waals surface area contributed by atoms with E-state index in [2.05, 4.69) is 27.7 Å². The number of benzene rings is 1. The van der Waals surface area contributed by atoms with E-state index in [0.29, 0.717) is 24.5 Å². The highest BCUT2D eigenvalue weighted by Crippen LogP contribution is 2.25. The minimum Gasteiger partial charge on any atom is -0.492 e. The van der Waals surface area contributed by atoms with Crippen LogP contribution in [-0.4, -0.2) is 19.2 Å². The van der Waals surface area contributed by atoms with Crippen LogP contribution in [0, 0.1) is 5.41 Å². The Hall–Kier alpha value is -1.51. The van der Waals surface area contributed by atoms with Crippen molar-refractivity contribution < 1.29 is 14.3 Å². The monoisotopic (exact) mass is 278 g/mol. The van der Waals surface area contributed by atoms with Gasteiger partial charge in [-0.1, -0.05) is 40.2 Å². The minimum absolute atomic E-state index is 0.0483. The van der Waals surface area contributed by atoms with Gasteiger partial charge in [-0.25, -0.2) is 4.79 Å². The fourth-order valence-corrected chi connectivity index (χ4v) is 1.80. The van der Waals surface area contributed by atoms with Crippen molar-refractivity contribution in [1.29, 1.82) is 0 Å². The molecular weight excluding hydrogens is 252 g/mol. The summed E-state index contributed by atoms with van der Waals surface area (Å²) in [5, 5.41) is 0. The molecule has 0 saturated carbocycles. The lowest BCUT2D eigenvalue weighted by Crippen LogP contribution is -2.18. The van der Waals surface area contributed by atoms with E-state index in [1.165, 1.54) is 5.56 Å². The van der Waals surface area contributed by atoms with Crippen LogP contribution >= 0.6 is 0 Å². The molecule has 0 amide bonds. The Labute approximate surface area is 122 Å². The van der Waals surface area contributed by atoms with Crippen LogP contribution in [0.1, 0.15) is 57.0 Å². The van der Waals surface area contributed by atoms with E-state index in [0.717, 1.165) is 12.8 Å². The summed E-state index contributed by atoms with van der Waals surface area (Å²) in [4.78, 5) is 12.0. The SMILES string of the molecule is CCCc1ccc(C(=O)OCC)c(OCC(C)(C)C)c1. The lowest BCUT2D eigenvalue weighted by Gasteiger charge is -2.20. The first-order valence-electron chi connectivity index (χ1n) is 7.30. The highest BCUT2D eigenvalue weighted by Gasteiger charge is 2.17. The Balaban J connectivity index is 2.99. The molecule has 0 atom stereocenters. The molecule has 0 saturated heterocycles. The highest BCUT2D eigenvalue weighted by atomic mass is 16.5. The topological polar surface area (TPSA) is 35.5 Å². The second-order valence-corrected chi connectivity index (χ2v) is 6.15. The molecule has 0 aliphatic rings. The molecule has 0 bridgehead atoms. The van der Waals surface area contributed by atoms with E-state index in [-0.39, 0.29) is 11.4 Å². The van der Waals surface area contributed by atoms with Gasteiger partial charge in [0.1, 0.15) is 11.3 Å². The van der Waals surface area contributed by atoms with Gasteiger partial charge in [-0.2, -0.15) is 0 Å². The summed E-state index contributed by atoms with van der Waals surface area (Å²) in [5.74, 6) is 0.309. The molecular formula is C17H26O3. The number of ether oxygens (including phenoxy) is 2. The van der Waals surface area contributed by atoms with Gasteiger partial charge in [0.05, 0.1) is 13.2 Å². The molecule has 0 aliphatic heterocycles. The normalized spacial score (nSPS) is 11.2. The van der Waals surface area contributed by atoms with E-state index in [1.807, 2.05) is 12.1 Å². The fourth-order valence-electron chi connectivity index (χ4n) is 1.80. The first kappa shape index (κ1) is 16.5. The average Bonchev–Trinajstić information content (AvgIpc) is 2.36. The van der Waals surface area contributed by atoms with Crippen LogP contribution in [0.3, 0.4) is 0 Å². The molecule has 0 N–H and O–H groups in total. The van der Waals surface area contributed by atoms with E-state index >= 15 is 0 Å². The Bertz CT molecular complexity index is 444. The maximum Gasteiger partial charge on any atom is 0.341 e. The van der Waals surface area contributed by atoms with Crippen LogP contribution in [0.5, 0.6) is 5.75 Å². The van der Waals surface area contributed by atoms with Crippen LogP contribution in [0.15, 0.2) is 18.2 Å². The summed E-state index contributed by atoms with van der Waals surface area (Å²) in [7, 11) is 0. The number of esters is 1. The highest BCUT2D eigenvalue weighted by molar-refractivity contribution is 5.92. The zero-order valence-electron chi connectivity index (χ0n) is 13.3. The van der Waals surface area contributed by atoms with E-state index in [4.69, 9.17) is 9.47 Å². The van der Waals surface area contributed by atoms with Crippen LogP contribution in [-0.2, 0) is 11.2 Å². The molecule has 0 aliphatic carbocycles. The van der Waals surface area contributed by atoms with Gasteiger partial charge >= 0.3 is 5.97 Å². The molecule has 0 aromatic heterocycles. The standard InChI is InChI=1S/C17H26O3/c1-6-8-13-9-10-14(16(18)19-7-2)15(11-13)20-12-17(3,4)5/h9-11H,6-8,12H2,1-5H3. The average molecular weight is 278 g/mol. The zero-order chi connectivity index (χ0) is 15.2. The van der Waals surface area contributed by atoms with Crippen LogP contribution in [0.2, 0.25) is 0 Å². The van der Waals surface area contributed by atoms with Gasteiger partial charge in [-0.05, 0) is 36.5 Å². The number of aryl methyl sites for hydroxylation is 1. The molecule has 0 spiro atoms. The number of carbonyl (C=O) groups is 1. The fraction of sp³-hybridized carbons (Fsp3) is 0.588. The summed E-state index contributed by atoms with van der Waals surface area (Å²) in [6, 6.07) is 5.74.